The molecule has 34 heavy (non-hydrogen) atoms. The lowest BCUT2D eigenvalue weighted by molar-refractivity contribution is 0.0821. The van der Waals surface area contributed by atoms with Gasteiger partial charge in [0.15, 0.2) is 0 Å². The van der Waals surface area contributed by atoms with Crippen LogP contribution in [0, 0.1) is 11.8 Å². The summed E-state index contributed by atoms with van der Waals surface area (Å²) < 4.78 is 0. The van der Waals surface area contributed by atoms with Gasteiger partial charge in [-0.15, -0.1) is 0 Å². The standard InChI is InChI=1S/C34H24/c1-2-10-21-20(9-1)17-18-24-26(21)19-27-31(24)32-25-13-5-8-16-30(25)34(33(27)32)28-14-6-3-11-22(28)23-12-4-7-15-29(23)34/h1-18,27,31-33H,19H2/t27-,31+,32?,33-/m0/s1. The molecule has 9 rings (SSSR count). The number of rotatable bonds is 0. The number of benzene rings is 5. The van der Waals surface area contributed by atoms with Gasteiger partial charge < -0.3 is 0 Å². The monoisotopic (exact) mass is 432 g/mol. The van der Waals surface area contributed by atoms with Crippen molar-refractivity contribution in [3.8, 4) is 11.1 Å². The molecule has 5 aromatic carbocycles. The van der Waals surface area contributed by atoms with E-state index in [1.54, 1.807) is 22.3 Å². The molecule has 4 aliphatic carbocycles. The van der Waals surface area contributed by atoms with Crippen molar-refractivity contribution in [2.24, 2.45) is 11.8 Å². The van der Waals surface area contributed by atoms with Crippen molar-refractivity contribution in [2.75, 3.05) is 0 Å². The molecule has 0 nitrogen and oxygen atoms in total. The van der Waals surface area contributed by atoms with E-state index < -0.39 is 0 Å². The summed E-state index contributed by atoms with van der Waals surface area (Å²) in [5, 5.41) is 2.86. The highest BCUT2D eigenvalue weighted by atomic mass is 14.7. The predicted molar refractivity (Wildman–Crippen MR) is 138 cm³/mol. The molecule has 0 aliphatic heterocycles. The van der Waals surface area contributed by atoms with E-state index in [-0.39, 0.29) is 5.41 Å². The van der Waals surface area contributed by atoms with Crippen LogP contribution >= 0.6 is 0 Å². The molecule has 4 atom stereocenters. The zero-order valence-electron chi connectivity index (χ0n) is 18.9. The maximum atomic E-state index is 2.46. The summed E-state index contributed by atoms with van der Waals surface area (Å²) in [5.41, 5.74) is 12.3. The minimum atomic E-state index is -0.0204. The molecule has 5 aromatic rings. The zero-order valence-corrected chi connectivity index (χ0v) is 18.9. The van der Waals surface area contributed by atoms with Crippen LogP contribution in [0.3, 0.4) is 0 Å². The summed E-state index contributed by atoms with van der Waals surface area (Å²) in [5.74, 6) is 2.55. The SMILES string of the molecule is c1ccc2c(c1)-c1ccccc1C21c2ccccc2C2[C@@H]1[C@H]1Cc3c(ccc4ccccc34)[C@@H]21. The summed E-state index contributed by atoms with van der Waals surface area (Å²) in [6.07, 6.45) is 1.21. The lowest BCUT2D eigenvalue weighted by Gasteiger charge is -2.52. The van der Waals surface area contributed by atoms with Gasteiger partial charge in [-0.2, -0.15) is 0 Å². The Morgan fingerprint density at radius 3 is 1.97 bits per heavy atom. The average molecular weight is 433 g/mol. The van der Waals surface area contributed by atoms with Gasteiger partial charge in [-0.3, -0.25) is 0 Å². The van der Waals surface area contributed by atoms with Crippen LogP contribution in [0.4, 0.5) is 0 Å². The highest BCUT2D eigenvalue weighted by Gasteiger charge is 2.69. The van der Waals surface area contributed by atoms with Crippen molar-refractivity contribution in [1.29, 1.82) is 0 Å². The molecule has 0 aromatic heterocycles. The fourth-order valence-corrected chi connectivity index (χ4v) is 8.86. The highest BCUT2D eigenvalue weighted by Crippen LogP contribution is 2.77. The smallest absolute Gasteiger partial charge is 0.0503 e. The second kappa shape index (κ2) is 5.88. The first-order valence-electron chi connectivity index (χ1n) is 12.7. The van der Waals surface area contributed by atoms with E-state index in [0.29, 0.717) is 23.7 Å². The van der Waals surface area contributed by atoms with Gasteiger partial charge in [0.05, 0.1) is 5.41 Å². The number of fused-ring (bicyclic) bond motifs is 17. The molecule has 0 bridgehead atoms. The normalized spacial score (nSPS) is 25.8. The third-order valence-corrected chi connectivity index (χ3v) is 9.81. The lowest BCUT2D eigenvalue weighted by atomic mass is 9.49. The van der Waals surface area contributed by atoms with Crippen LogP contribution in [0.5, 0.6) is 0 Å². The third kappa shape index (κ3) is 1.78. The van der Waals surface area contributed by atoms with Gasteiger partial charge >= 0.3 is 0 Å². The molecule has 0 amide bonds. The van der Waals surface area contributed by atoms with E-state index in [0.717, 1.165) is 0 Å². The van der Waals surface area contributed by atoms with Gasteiger partial charge in [-0.1, -0.05) is 109 Å². The topological polar surface area (TPSA) is 0 Å². The first-order valence-corrected chi connectivity index (χ1v) is 12.7. The summed E-state index contributed by atoms with van der Waals surface area (Å²) in [7, 11) is 0. The number of hydrogen-bond acceptors (Lipinski definition) is 0. The van der Waals surface area contributed by atoms with Gasteiger partial charge in [-0.25, -0.2) is 0 Å². The van der Waals surface area contributed by atoms with Gasteiger partial charge in [0.1, 0.15) is 0 Å². The first kappa shape index (κ1) is 17.8. The molecule has 4 aliphatic rings. The van der Waals surface area contributed by atoms with Gasteiger partial charge in [0, 0.05) is 0 Å². The average Bonchev–Trinajstić information content (AvgIpc) is 3.46. The summed E-state index contributed by atoms with van der Waals surface area (Å²) in [4.78, 5) is 0. The van der Waals surface area contributed by atoms with Crippen molar-refractivity contribution in [2.45, 2.75) is 23.7 Å². The Balaban J connectivity index is 1.35. The molecule has 0 heteroatoms. The third-order valence-electron chi connectivity index (χ3n) is 9.81. The minimum absolute atomic E-state index is 0.0204. The van der Waals surface area contributed by atoms with E-state index in [1.165, 1.54) is 39.4 Å². The van der Waals surface area contributed by atoms with Crippen molar-refractivity contribution >= 4 is 10.8 Å². The van der Waals surface area contributed by atoms with E-state index in [2.05, 4.69) is 109 Å². The van der Waals surface area contributed by atoms with Crippen LogP contribution in [0.15, 0.2) is 109 Å². The quantitative estimate of drug-likeness (QED) is 0.234. The molecule has 1 spiro atoms. The molecule has 1 fully saturated rings. The van der Waals surface area contributed by atoms with Crippen molar-refractivity contribution in [3.05, 3.63) is 143 Å². The minimum Gasteiger partial charge on any atom is -0.0620 e. The summed E-state index contributed by atoms with van der Waals surface area (Å²) >= 11 is 0. The van der Waals surface area contributed by atoms with E-state index in [4.69, 9.17) is 0 Å². The molecule has 0 N–H and O–H groups in total. The Labute approximate surface area is 199 Å². The van der Waals surface area contributed by atoms with Crippen LogP contribution < -0.4 is 0 Å². The maximum absolute atomic E-state index is 2.46. The van der Waals surface area contributed by atoms with Crippen LogP contribution in [0.25, 0.3) is 21.9 Å². The predicted octanol–water partition coefficient (Wildman–Crippen LogP) is 7.84. The van der Waals surface area contributed by atoms with Crippen LogP contribution in [0.1, 0.15) is 45.2 Å². The Morgan fingerprint density at radius 1 is 0.529 bits per heavy atom. The van der Waals surface area contributed by atoms with Gasteiger partial charge in [0.25, 0.3) is 0 Å². The Kier molecular flexibility index (Phi) is 3.08. The molecule has 0 saturated heterocycles. The van der Waals surface area contributed by atoms with Crippen LogP contribution in [-0.4, -0.2) is 0 Å². The molecule has 1 saturated carbocycles. The molecular weight excluding hydrogens is 408 g/mol. The molecule has 1 unspecified atom stereocenters. The Morgan fingerprint density at radius 2 is 1.18 bits per heavy atom. The van der Waals surface area contributed by atoms with Crippen molar-refractivity contribution in [3.63, 3.8) is 0 Å². The summed E-state index contributed by atoms with van der Waals surface area (Å²) in [6, 6.07) is 41.8. The summed E-state index contributed by atoms with van der Waals surface area (Å²) in [6.45, 7) is 0. The lowest BCUT2D eigenvalue weighted by Crippen LogP contribution is -2.48. The fourth-order valence-electron chi connectivity index (χ4n) is 8.86. The van der Waals surface area contributed by atoms with E-state index >= 15 is 0 Å². The zero-order chi connectivity index (χ0) is 22.0. The van der Waals surface area contributed by atoms with Crippen molar-refractivity contribution < 1.29 is 0 Å². The van der Waals surface area contributed by atoms with E-state index in [1.807, 2.05) is 0 Å². The van der Waals surface area contributed by atoms with E-state index in [9.17, 15) is 0 Å². The Hall–Kier alpha value is -3.64. The second-order valence-corrected chi connectivity index (χ2v) is 10.8. The molecular formula is C34H24. The molecule has 0 radical (unpaired) electrons. The van der Waals surface area contributed by atoms with Gasteiger partial charge in [0.2, 0.25) is 0 Å². The van der Waals surface area contributed by atoms with Gasteiger partial charge in [-0.05, 0) is 85.4 Å². The molecule has 0 heterocycles. The number of hydrogen-bond donors (Lipinski definition) is 0. The maximum Gasteiger partial charge on any atom is 0.0503 e. The van der Waals surface area contributed by atoms with Crippen LogP contribution in [0.2, 0.25) is 0 Å². The first-order chi connectivity index (χ1) is 16.9. The fraction of sp³-hybridized carbons (Fsp3) is 0.176. The van der Waals surface area contributed by atoms with Crippen molar-refractivity contribution in [1.82, 2.24) is 0 Å². The van der Waals surface area contributed by atoms with Crippen LogP contribution in [-0.2, 0) is 11.8 Å². The highest BCUT2D eigenvalue weighted by molar-refractivity contribution is 5.89. The second-order valence-electron chi connectivity index (χ2n) is 10.8. The molecule has 160 valence electrons. The largest absolute Gasteiger partial charge is 0.0620 e. The Bertz CT molecular complexity index is 1630.